The van der Waals surface area contributed by atoms with E-state index in [0.717, 1.165) is 32.9 Å². The Morgan fingerprint density at radius 1 is 1.23 bits per heavy atom. The molecule has 4 nitrogen and oxygen atoms in total. The molecule has 0 amide bonds. The van der Waals surface area contributed by atoms with Crippen molar-refractivity contribution in [1.29, 1.82) is 0 Å². The molecule has 6 heteroatoms. The third-order valence-corrected chi connectivity index (χ3v) is 5.08. The Hall–Kier alpha value is -1.72. The summed E-state index contributed by atoms with van der Waals surface area (Å²) in [5.41, 5.74) is 2.06. The van der Waals surface area contributed by atoms with Crippen LogP contribution in [-0.2, 0) is 7.05 Å². The molecule has 1 unspecified atom stereocenters. The lowest BCUT2D eigenvalue weighted by Gasteiger charge is -2.12. The van der Waals surface area contributed by atoms with Gasteiger partial charge in [0, 0.05) is 17.3 Å². The van der Waals surface area contributed by atoms with Crippen molar-refractivity contribution in [2.45, 2.75) is 24.3 Å². The fourth-order valence-corrected chi connectivity index (χ4v) is 3.64. The number of thioether (sulfide) groups is 1. The van der Waals surface area contributed by atoms with Gasteiger partial charge in [0.15, 0.2) is 11.0 Å². The van der Waals surface area contributed by atoms with Gasteiger partial charge in [-0.2, -0.15) is 0 Å². The van der Waals surface area contributed by atoms with E-state index in [-0.39, 0.29) is 5.25 Å². The number of benzene rings is 1. The molecule has 0 radical (unpaired) electrons. The summed E-state index contributed by atoms with van der Waals surface area (Å²) in [5, 5.41) is 10.4. The topological polar surface area (TPSA) is 43.9 Å². The predicted octanol–water partition coefficient (Wildman–Crippen LogP) is 4.89. The number of rotatable bonds is 4. The fraction of sp³-hybridized carbons (Fsp3) is 0.250. The highest BCUT2D eigenvalue weighted by Gasteiger charge is 2.18. The summed E-state index contributed by atoms with van der Waals surface area (Å²) in [7, 11) is 1.96. The van der Waals surface area contributed by atoms with E-state index in [0.29, 0.717) is 0 Å². The fourth-order valence-electron chi connectivity index (χ4n) is 2.30. The number of hydrogen-bond acceptors (Lipinski definition) is 4. The molecule has 3 aromatic rings. The Kier molecular flexibility index (Phi) is 4.27. The quantitative estimate of drug-likeness (QED) is 0.637. The van der Waals surface area contributed by atoms with E-state index < -0.39 is 0 Å². The van der Waals surface area contributed by atoms with Crippen LogP contribution in [0.25, 0.3) is 11.4 Å². The minimum atomic E-state index is 0.190. The SMILES string of the molecule is Cc1occc1-c1nnc(SC(C)c2ccccc2Cl)n1C. The zero-order valence-corrected chi connectivity index (χ0v) is 14.1. The molecule has 0 fully saturated rings. The van der Waals surface area contributed by atoms with Crippen LogP contribution < -0.4 is 0 Å². The first-order chi connectivity index (χ1) is 10.6. The summed E-state index contributed by atoms with van der Waals surface area (Å²) in [6.07, 6.45) is 1.67. The molecular weight excluding hydrogens is 318 g/mol. The lowest BCUT2D eigenvalue weighted by molar-refractivity contribution is 0.534. The van der Waals surface area contributed by atoms with E-state index in [1.54, 1.807) is 18.0 Å². The van der Waals surface area contributed by atoms with Gasteiger partial charge in [0.25, 0.3) is 0 Å². The van der Waals surface area contributed by atoms with Gasteiger partial charge in [-0.05, 0) is 31.5 Å². The molecule has 1 aromatic carbocycles. The summed E-state index contributed by atoms with van der Waals surface area (Å²) in [6, 6.07) is 9.79. The predicted molar refractivity (Wildman–Crippen MR) is 89.2 cm³/mol. The number of hydrogen-bond donors (Lipinski definition) is 0. The highest BCUT2D eigenvalue weighted by molar-refractivity contribution is 7.99. The zero-order chi connectivity index (χ0) is 15.7. The van der Waals surface area contributed by atoms with E-state index in [2.05, 4.69) is 17.1 Å². The van der Waals surface area contributed by atoms with Crippen LogP contribution in [0.2, 0.25) is 5.02 Å². The van der Waals surface area contributed by atoms with Crippen molar-refractivity contribution < 1.29 is 4.42 Å². The molecule has 0 aliphatic rings. The van der Waals surface area contributed by atoms with Crippen LogP contribution >= 0.6 is 23.4 Å². The Balaban J connectivity index is 1.87. The average Bonchev–Trinajstić information content (AvgIpc) is 3.06. The van der Waals surface area contributed by atoms with Gasteiger partial charge in [0.05, 0.1) is 11.8 Å². The second-order valence-electron chi connectivity index (χ2n) is 5.04. The van der Waals surface area contributed by atoms with E-state index in [4.69, 9.17) is 16.0 Å². The Bertz CT molecular complexity index is 796. The van der Waals surface area contributed by atoms with Gasteiger partial charge >= 0.3 is 0 Å². The maximum absolute atomic E-state index is 6.26. The molecule has 3 rings (SSSR count). The highest BCUT2D eigenvalue weighted by Crippen LogP contribution is 2.37. The molecule has 22 heavy (non-hydrogen) atoms. The number of furan rings is 1. The molecule has 0 saturated heterocycles. The van der Waals surface area contributed by atoms with Crippen LogP contribution in [0.1, 0.15) is 23.5 Å². The largest absolute Gasteiger partial charge is 0.469 e. The van der Waals surface area contributed by atoms with E-state index >= 15 is 0 Å². The average molecular weight is 334 g/mol. The summed E-state index contributed by atoms with van der Waals surface area (Å²) in [6.45, 7) is 4.03. The molecule has 2 heterocycles. The molecule has 1 atom stereocenters. The van der Waals surface area contributed by atoms with Gasteiger partial charge in [0.2, 0.25) is 0 Å². The first kappa shape index (κ1) is 15.2. The van der Waals surface area contributed by atoms with Crippen molar-refractivity contribution in [3.8, 4) is 11.4 Å². The van der Waals surface area contributed by atoms with Gasteiger partial charge in [-0.3, -0.25) is 0 Å². The molecule has 0 aliphatic heterocycles. The number of halogens is 1. The smallest absolute Gasteiger partial charge is 0.191 e. The van der Waals surface area contributed by atoms with Crippen molar-refractivity contribution in [2.75, 3.05) is 0 Å². The van der Waals surface area contributed by atoms with Crippen molar-refractivity contribution in [3.05, 3.63) is 52.9 Å². The van der Waals surface area contributed by atoms with Crippen LogP contribution in [0.4, 0.5) is 0 Å². The number of nitrogens with zero attached hydrogens (tertiary/aromatic N) is 3. The van der Waals surface area contributed by atoms with Gasteiger partial charge in [-0.1, -0.05) is 41.6 Å². The zero-order valence-electron chi connectivity index (χ0n) is 12.6. The molecule has 114 valence electrons. The molecule has 0 aliphatic carbocycles. The number of aryl methyl sites for hydroxylation is 1. The number of aromatic nitrogens is 3. The molecule has 2 aromatic heterocycles. The van der Waals surface area contributed by atoms with Gasteiger partial charge in [-0.15, -0.1) is 10.2 Å². The monoisotopic (exact) mass is 333 g/mol. The molecule has 0 spiro atoms. The van der Waals surface area contributed by atoms with E-state index in [9.17, 15) is 0 Å². The maximum Gasteiger partial charge on any atom is 0.191 e. The lowest BCUT2D eigenvalue weighted by Crippen LogP contribution is -1.97. The van der Waals surface area contributed by atoms with Crippen molar-refractivity contribution in [3.63, 3.8) is 0 Å². The van der Waals surface area contributed by atoms with E-state index in [1.807, 2.05) is 48.9 Å². The molecule has 0 N–H and O–H groups in total. The minimum absolute atomic E-state index is 0.190. The summed E-state index contributed by atoms with van der Waals surface area (Å²) >= 11 is 7.90. The third-order valence-electron chi connectivity index (χ3n) is 3.56. The van der Waals surface area contributed by atoms with Crippen LogP contribution in [0.5, 0.6) is 0 Å². The van der Waals surface area contributed by atoms with Gasteiger partial charge in [-0.25, -0.2) is 0 Å². The van der Waals surface area contributed by atoms with Crippen molar-refractivity contribution in [1.82, 2.24) is 14.8 Å². The summed E-state index contributed by atoms with van der Waals surface area (Å²) in [4.78, 5) is 0. The normalized spacial score (nSPS) is 12.5. The van der Waals surface area contributed by atoms with Crippen molar-refractivity contribution >= 4 is 23.4 Å². The Morgan fingerprint density at radius 3 is 2.68 bits per heavy atom. The lowest BCUT2D eigenvalue weighted by atomic mass is 10.2. The van der Waals surface area contributed by atoms with Crippen LogP contribution in [0.3, 0.4) is 0 Å². The summed E-state index contributed by atoms with van der Waals surface area (Å²) in [5.74, 6) is 1.64. The second kappa shape index (κ2) is 6.18. The van der Waals surface area contributed by atoms with Gasteiger partial charge < -0.3 is 8.98 Å². The van der Waals surface area contributed by atoms with E-state index in [1.165, 1.54) is 0 Å². The molecule has 0 bridgehead atoms. The maximum atomic E-state index is 6.26. The highest BCUT2D eigenvalue weighted by atomic mass is 35.5. The third kappa shape index (κ3) is 2.78. The second-order valence-corrected chi connectivity index (χ2v) is 6.75. The first-order valence-electron chi connectivity index (χ1n) is 6.93. The van der Waals surface area contributed by atoms with Crippen LogP contribution in [0.15, 0.2) is 46.2 Å². The van der Waals surface area contributed by atoms with Crippen LogP contribution in [0, 0.1) is 6.92 Å². The Labute approximate surface area is 138 Å². The molecular formula is C16H16ClN3OS. The first-order valence-corrected chi connectivity index (χ1v) is 8.18. The molecule has 0 saturated carbocycles. The standard InChI is InChI=1S/C16H16ClN3OS/c1-10-12(8-9-21-10)15-18-19-16(20(15)3)22-11(2)13-6-4-5-7-14(13)17/h4-9,11H,1-3H3. The Morgan fingerprint density at radius 2 is 2.00 bits per heavy atom. The van der Waals surface area contributed by atoms with Crippen molar-refractivity contribution in [2.24, 2.45) is 7.05 Å². The van der Waals surface area contributed by atoms with Gasteiger partial charge in [0.1, 0.15) is 5.76 Å². The minimum Gasteiger partial charge on any atom is -0.469 e. The van der Waals surface area contributed by atoms with Crippen LogP contribution in [-0.4, -0.2) is 14.8 Å². The summed E-state index contributed by atoms with van der Waals surface area (Å²) < 4.78 is 7.33.